The first kappa shape index (κ1) is 17.4. The average Bonchev–Trinajstić information content (AvgIpc) is 2.79. The van der Waals surface area contributed by atoms with E-state index >= 15 is 0 Å². The van der Waals surface area contributed by atoms with Crippen LogP contribution in [0.1, 0.15) is 44.6 Å². The summed E-state index contributed by atoms with van der Waals surface area (Å²) < 4.78 is 12.5. The number of ketones is 1. The van der Waals surface area contributed by atoms with E-state index in [1.54, 1.807) is 0 Å². The molecule has 1 unspecified atom stereocenters. The molecular formula is C17H22FNOS2. The number of alkyl halides is 1. The van der Waals surface area contributed by atoms with Gasteiger partial charge in [-0.05, 0) is 24.1 Å². The summed E-state index contributed by atoms with van der Waals surface area (Å²) in [5, 5.41) is 0.553. The molecule has 1 aromatic carbocycles. The summed E-state index contributed by atoms with van der Waals surface area (Å²) >= 11 is 2.60. The number of hydrogen-bond acceptors (Lipinski definition) is 4. The van der Waals surface area contributed by atoms with Gasteiger partial charge < -0.3 is 5.73 Å². The Morgan fingerprint density at radius 3 is 2.86 bits per heavy atom. The van der Waals surface area contributed by atoms with E-state index in [-0.39, 0.29) is 11.0 Å². The Morgan fingerprint density at radius 1 is 1.32 bits per heavy atom. The van der Waals surface area contributed by atoms with Crippen LogP contribution in [0.2, 0.25) is 0 Å². The van der Waals surface area contributed by atoms with Crippen molar-refractivity contribution < 1.29 is 9.18 Å². The molecule has 0 bridgehead atoms. The SMILES string of the molecule is CCCCCCC1SC(N)=C(c2cccc(SCF)c2)C1=O. The molecule has 0 amide bonds. The number of carbonyl (C=O) groups is 1. The topological polar surface area (TPSA) is 43.1 Å². The highest BCUT2D eigenvalue weighted by Crippen LogP contribution is 2.40. The van der Waals surface area contributed by atoms with Crippen LogP contribution in [-0.2, 0) is 4.79 Å². The Labute approximate surface area is 140 Å². The van der Waals surface area contributed by atoms with Crippen molar-refractivity contribution in [2.45, 2.75) is 49.2 Å². The van der Waals surface area contributed by atoms with E-state index in [0.717, 1.165) is 35.1 Å². The lowest BCUT2D eigenvalue weighted by molar-refractivity contribution is -0.113. The van der Waals surface area contributed by atoms with Crippen LogP contribution in [-0.4, -0.2) is 17.0 Å². The average molecular weight is 340 g/mol. The minimum atomic E-state index is -0.471. The number of nitrogens with two attached hydrogens (primary N) is 1. The quantitative estimate of drug-likeness (QED) is 0.535. The molecule has 2 rings (SSSR count). The van der Waals surface area contributed by atoms with Crippen LogP contribution in [0, 0.1) is 0 Å². The molecule has 0 aromatic heterocycles. The lowest BCUT2D eigenvalue weighted by Gasteiger charge is -2.08. The molecule has 0 spiro atoms. The number of carbonyl (C=O) groups excluding carboxylic acids is 1. The Balaban J connectivity index is 2.06. The van der Waals surface area contributed by atoms with Crippen molar-refractivity contribution in [3.05, 3.63) is 34.9 Å². The molecule has 1 heterocycles. The van der Waals surface area contributed by atoms with Gasteiger partial charge in [-0.1, -0.05) is 68.3 Å². The van der Waals surface area contributed by atoms with Crippen LogP contribution in [0.25, 0.3) is 5.57 Å². The third-order valence-electron chi connectivity index (χ3n) is 3.72. The highest BCUT2D eigenvalue weighted by molar-refractivity contribution is 8.05. The van der Waals surface area contributed by atoms with Crippen LogP contribution >= 0.6 is 23.5 Å². The van der Waals surface area contributed by atoms with Crippen LogP contribution in [0.15, 0.2) is 34.2 Å². The lowest BCUT2D eigenvalue weighted by Crippen LogP contribution is -2.13. The van der Waals surface area contributed by atoms with Gasteiger partial charge in [0.05, 0.1) is 15.9 Å². The smallest absolute Gasteiger partial charge is 0.179 e. The second kappa shape index (κ2) is 8.63. The van der Waals surface area contributed by atoms with Gasteiger partial charge in [0.15, 0.2) is 5.78 Å². The normalized spacial score (nSPS) is 18.3. The summed E-state index contributed by atoms with van der Waals surface area (Å²) in [4.78, 5) is 13.4. The number of Topliss-reactive ketones (excluding diaryl/α,β-unsaturated/α-hetero) is 1. The summed E-state index contributed by atoms with van der Waals surface area (Å²) in [5.74, 6) is 0.126. The predicted molar refractivity (Wildman–Crippen MR) is 94.5 cm³/mol. The first-order chi connectivity index (χ1) is 10.7. The van der Waals surface area contributed by atoms with Crippen LogP contribution in [0.5, 0.6) is 0 Å². The Hall–Kier alpha value is -0.940. The standard InChI is InChI=1S/C17H22FNOS2/c1-2-3-4-5-9-14-16(20)15(17(19)22-14)12-7-6-8-13(10-12)21-11-18/h6-8,10,14H,2-5,9,11,19H2,1H3. The maximum absolute atomic E-state index is 12.6. The van der Waals surface area contributed by atoms with Gasteiger partial charge in [0.1, 0.15) is 6.01 Å². The number of unbranched alkanes of at least 4 members (excludes halogenated alkanes) is 3. The molecule has 1 aliphatic heterocycles. The lowest BCUT2D eigenvalue weighted by atomic mass is 9.98. The minimum absolute atomic E-state index is 0.0515. The largest absolute Gasteiger partial charge is 0.393 e. The zero-order valence-corrected chi connectivity index (χ0v) is 14.4. The van der Waals surface area contributed by atoms with Gasteiger partial charge in [-0.15, -0.1) is 0 Å². The second-order valence-electron chi connectivity index (χ2n) is 5.34. The van der Waals surface area contributed by atoms with E-state index in [4.69, 9.17) is 5.73 Å². The van der Waals surface area contributed by atoms with E-state index in [1.165, 1.54) is 31.0 Å². The molecule has 22 heavy (non-hydrogen) atoms. The summed E-state index contributed by atoms with van der Waals surface area (Å²) in [6, 6.07) is 6.95. The molecule has 1 aromatic rings. The van der Waals surface area contributed by atoms with Gasteiger partial charge >= 0.3 is 0 Å². The highest BCUT2D eigenvalue weighted by Gasteiger charge is 2.33. The van der Waals surface area contributed by atoms with Crippen LogP contribution in [0.3, 0.4) is 0 Å². The van der Waals surface area contributed by atoms with Crippen LogP contribution < -0.4 is 5.73 Å². The maximum atomic E-state index is 12.6. The number of allylic oxidation sites excluding steroid dienone is 1. The first-order valence-corrected chi connectivity index (χ1v) is 9.53. The molecule has 0 fully saturated rings. The van der Waals surface area contributed by atoms with Gasteiger partial charge in [-0.2, -0.15) is 0 Å². The van der Waals surface area contributed by atoms with E-state index in [1.807, 2.05) is 24.3 Å². The maximum Gasteiger partial charge on any atom is 0.179 e. The molecule has 2 nitrogen and oxygen atoms in total. The molecule has 5 heteroatoms. The van der Waals surface area contributed by atoms with Crippen molar-refractivity contribution in [1.82, 2.24) is 0 Å². The zero-order chi connectivity index (χ0) is 15.9. The molecule has 0 radical (unpaired) electrons. The summed E-state index contributed by atoms with van der Waals surface area (Å²) in [6.07, 6.45) is 5.52. The zero-order valence-electron chi connectivity index (χ0n) is 12.8. The second-order valence-corrected chi connectivity index (χ2v) is 7.56. The molecule has 1 aliphatic rings. The van der Waals surface area contributed by atoms with Gasteiger partial charge in [0.2, 0.25) is 0 Å². The van der Waals surface area contributed by atoms with E-state index in [9.17, 15) is 9.18 Å². The molecule has 120 valence electrons. The number of halogens is 1. The Morgan fingerprint density at radius 2 is 2.14 bits per heavy atom. The third kappa shape index (κ3) is 4.29. The molecule has 1 atom stereocenters. The van der Waals surface area contributed by atoms with Gasteiger partial charge in [0, 0.05) is 4.90 Å². The molecule has 2 N–H and O–H groups in total. The number of hydrogen-bond donors (Lipinski definition) is 1. The fourth-order valence-corrected chi connectivity index (χ4v) is 4.25. The predicted octanol–water partition coefficient (Wildman–Crippen LogP) is 4.99. The van der Waals surface area contributed by atoms with E-state index in [2.05, 4.69) is 6.92 Å². The minimum Gasteiger partial charge on any atom is -0.393 e. The molecule has 0 saturated carbocycles. The number of benzene rings is 1. The van der Waals surface area contributed by atoms with Crippen molar-refractivity contribution in [2.24, 2.45) is 5.73 Å². The van der Waals surface area contributed by atoms with Gasteiger partial charge in [-0.25, -0.2) is 4.39 Å². The van der Waals surface area contributed by atoms with Crippen LogP contribution in [0.4, 0.5) is 4.39 Å². The van der Waals surface area contributed by atoms with Crippen molar-refractivity contribution in [3.8, 4) is 0 Å². The monoisotopic (exact) mass is 339 g/mol. The Bertz CT molecular complexity index is 559. The highest BCUT2D eigenvalue weighted by atomic mass is 32.2. The molecular weight excluding hydrogens is 317 g/mol. The summed E-state index contributed by atoms with van der Waals surface area (Å²) in [6.45, 7) is 2.18. The third-order valence-corrected chi connectivity index (χ3v) is 5.61. The van der Waals surface area contributed by atoms with Crippen molar-refractivity contribution >= 4 is 34.9 Å². The number of rotatable bonds is 8. The van der Waals surface area contributed by atoms with Crippen molar-refractivity contribution in [3.63, 3.8) is 0 Å². The Kier molecular flexibility index (Phi) is 6.83. The molecule has 0 saturated heterocycles. The van der Waals surface area contributed by atoms with E-state index < -0.39 is 6.01 Å². The first-order valence-electron chi connectivity index (χ1n) is 7.67. The fraction of sp³-hybridized carbons (Fsp3) is 0.471. The van der Waals surface area contributed by atoms with E-state index in [0.29, 0.717) is 10.6 Å². The van der Waals surface area contributed by atoms with Gasteiger partial charge in [0.25, 0.3) is 0 Å². The van der Waals surface area contributed by atoms with Crippen molar-refractivity contribution in [2.75, 3.05) is 6.01 Å². The van der Waals surface area contributed by atoms with Crippen molar-refractivity contribution in [1.29, 1.82) is 0 Å². The van der Waals surface area contributed by atoms with Gasteiger partial charge in [-0.3, -0.25) is 4.79 Å². The summed E-state index contributed by atoms with van der Waals surface area (Å²) in [5.41, 5.74) is 7.51. The summed E-state index contributed by atoms with van der Waals surface area (Å²) in [7, 11) is 0. The fourth-order valence-electron chi connectivity index (χ4n) is 2.58. The number of thioether (sulfide) groups is 2. The molecule has 0 aliphatic carbocycles.